The molecule has 2 N–H and O–H groups in total. The molecule has 0 aromatic heterocycles. The van der Waals surface area contributed by atoms with Crippen LogP contribution in [0.5, 0.6) is 0 Å². The Bertz CT molecular complexity index is 880. The topological polar surface area (TPSA) is 82.2 Å². The number of hydrogen-bond donors (Lipinski definition) is 2. The van der Waals surface area contributed by atoms with E-state index in [0.29, 0.717) is 24.5 Å². The van der Waals surface area contributed by atoms with Crippen molar-refractivity contribution in [1.82, 2.24) is 10.2 Å². The summed E-state index contributed by atoms with van der Waals surface area (Å²) in [5.74, 6) is -0.230. The second-order valence-corrected chi connectivity index (χ2v) is 11.3. The molecule has 2 saturated heterocycles. The number of rotatable bonds is 5. The van der Waals surface area contributed by atoms with Crippen molar-refractivity contribution in [2.45, 2.75) is 70.6 Å². The van der Waals surface area contributed by atoms with Crippen molar-refractivity contribution in [2.75, 3.05) is 19.7 Å². The maximum atomic E-state index is 13.5. The van der Waals surface area contributed by atoms with Gasteiger partial charge in [-0.15, -0.1) is 0 Å². The molecular formula is C25H35ClN2O4. The molecule has 2 heterocycles. The van der Waals surface area contributed by atoms with Crippen LogP contribution in [0.1, 0.15) is 58.9 Å². The number of ether oxygens (including phenoxy) is 1. The van der Waals surface area contributed by atoms with Crippen LogP contribution in [0.2, 0.25) is 5.02 Å². The van der Waals surface area contributed by atoms with E-state index in [1.54, 1.807) is 17.0 Å². The average molecular weight is 463 g/mol. The number of carbonyl (C=O) groups is 2. The van der Waals surface area contributed by atoms with Crippen molar-refractivity contribution in [1.29, 1.82) is 0 Å². The Labute approximate surface area is 195 Å². The molecule has 1 spiro atoms. The fraction of sp³-hybridized carbons (Fsp3) is 0.680. The van der Waals surface area contributed by atoms with Crippen LogP contribution < -0.4 is 5.32 Å². The molecule has 1 aromatic carbocycles. The van der Waals surface area contributed by atoms with Gasteiger partial charge in [-0.1, -0.05) is 51.4 Å². The highest BCUT2D eigenvalue weighted by Crippen LogP contribution is 2.47. The first-order valence-electron chi connectivity index (χ1n) is 11.7. The Morgan fingerprint density at radius 3 is 2.41 bits per heavy atom. The Morgan fingerprint density at radius 1 is 1.22 bits per heavy atom. The Morgan fingerprint density at radius 2 is 1.88 bits per heavy atom. The summed E-state index contributed by atoms with van der Waals surface area (Å²) >= 11 is 6.03. The third-order valence-corrected chi connectivity index (χ3v) is 8.06. The highest BCUT2D eigenvalue weighted by atomic mass is 35.5. The summed E-state index contributed by atoms with van der Waals surface area (Å²) in [6, 6.07) is 6.71. The Balaban J connectivity index is 1.44. The number of piperidine rings is 1. The van der Waals surface area contributed by atoms with Gasteiger partial charge in [0.2, 0.25) is 11.8 Å². The number of nitrogens with one attached hydrogen (secondary N) is 1. The number of hydrogen-bond acceptors (Lipinski definition) is 4. The normalized spacial score (nSPS) is 32.2. The SMILES string of the molecule is CC(C)[C@@H](NC(=O)C1CCC2(CO2)C1)C(=O)N1CC[C@](O)(c2ccc(Cl)cc2)C(C)(C)C1. The van der Waals surface area contributed by atoms with Gasteiger partial charge in [-0.25, -0.2) is 0 Å². The summed E-state index contributed by atoms with van der Waals surface area (Å²) in [5, 5.41) is 15.3. The van der Waals surface area contributed by atoms with Crippen LogP contribution in [0.4, 0.5) is 0 Å². The monoisotopic (exact) mass is 462 g/mol. The number of amides is 2. The number of benzene rings is 1. The molecule has 4 atom stereocenters. The van der Waals surface area contributed by atoms with Crippen LogP contribution in [-0.4, -0.2) is 53.2 Å². The van der Waals surface area contributed by atoms with Crippen LogP contribution in [0.25, 0.3) is 0 Å². The quantitative estimate of drug-likeness (QED) is 0.656. The second-order valence-electron chi connectivity index (χ2n) is 10.9. The lowest BCUT2D eigenvalue weighted by Crippen LogP contribution is -2.60. The molecule has 32 heavy (non-hydrogen) atoms. The van der Waals surface area contributed by atoms with Gasteiger partial charge in [-0.2, -0.15) is 0 Å². The van der Waals surface area contributed by atoms with Crippen molar-refractivity contribution >= 4 is 23.4 Å². The number of epoxide rings is 1. The third-order valence-electron chi connectivity index (χ3n) is 7.80. The molecule has 3 fully saturated rings. The zero-order chi connectivity index (χ0) is 23.3. The molecule has 176 valence electrons. The zero-order valence-corrected chi connectivity index (χ0v) is 20.2. The average Bonchev–Trinajstić information content (AvgIpc) is 3.36. The molecule has 2 amide bonds. The molecule has 1 aliphatic carbocycles. The van der Waals surface area contributed by atoms with Crippen molar-refractivity contribution < 1.29 is 19.4 Å². The van der Waals surface area contributed by atoms with E-state index in [-0.39, 0.29) is 29.3 Å². The van der Waals surface area contributed by atoms with Gasteiger partial charge in [0.1, 0.15) is 6.04 Å². The minimum atomic E-state index is -1.06. The van der Waals surface area contributed by atoms with E-state index in [1.165, 1.54) is 0 Å². The zero-order valence-electron chi connectivity index (χ0n) is 19.5. The van der Waals surface area contributed by atoms with Gasteiger partial charge >= 0.3 is 0 Å². The van der Waals surface area contributed by atoms with Crippen molar-refractivity contribution in [3.63, 3.8) is 0 Å². The lowest BCUT2D eigenvalue weighted by molar-refractivity contribution is -0.157. The minimum Gasteiger partial charge on any atom is -0.384 e. The van der Waals surface area contributed by atoms with Crippen molar-refractivity contribution in [3.05, 3.63) is 34.9 Å². The maximum absolute atomic E-state index is 13.5. The first kappa shape index (κ1) is 23.5. The summed E-state index contributed by atoms with van der Waals surface area (Å²) < 4.78 is 5.53. The summed E-state index contributed by atoms with van der Waals surface area (Å²) in [6.45, 7) is 9.48. The molecule has 0 radical (unpaired) electrons. The number of nitrogens with zero attached hydrogens (tertiary/aromatic N) is 1. The molecule has 2 unspecified atom stereocenters. The molecule has 3 aliphatic rings. The minimum absolute atomic E-state index is 0.0285. The third kappa shape index (κ3) is 4.29. The smallest absolute Gasteiger partial charge is 0.245 e. The molecule has 2 aliphatic heterocycles. The predicted molar refractivity (Wildman–Crippen MR) is 123 cm³/mol. The van der Waals surface area contributed by atoms with Gasteiger partial charge in [-0.05, 0) is 49.3 Å². The van der Waals surface area contributed by atoms with E-state index in [0.717, 1.165) is 31.4 Å². The summed E-state index contributed by atoms with van der Waals surface area (Å²) in [7, 11) is 0. The summed E-state index contributed by atoms with van der Waals surface area (Å²) in [6.07, 6.45) is 2.92. The Kier molecular flexibility index (Phi) is 6.10. The van der Waals surface area contributed by atoms with E-state index in [1.807, 2.05) is 39.8 Å². The molecule has 7 heteroatoms. The van der Waals surface area contributed by atoms with E-state index in [9.17, 15) is 14.7 Å². The number of aliphatic hydroxyl groups is 1. The Hall–Kier alpha value is -1.63. The van der Waals surface area contributed by atoms with Gasteiger partial charge in [0.25, 0.3) is 0 Å². The van der Waals surface area contributed by atoms with E-state index in [2.05, 4.69) is 5.32 Å². The van der Waals surface area contributed by atoms with Gasteiger partial charge in [0.15, 0.2) is 0 Å². The molecule has 6 nitrogen and oxygen atoms in total. The van der Waals surface area contributed by atoms with Crippen molar-refractivity contribution in [2.24, 2.45) is 17.3 Å². The fourth-order valence-electron chi connectivity index (χ4n) is 5.43. The maximum Gasteiger partial charge on any atom is 0.245 e. The van der Waals surface area contributed by atoms with Crippen molar-refractivity contribution in [3.8, 4) is 0 Å². The highest BCUT2D eigenvalue weighted by molar-refractivity contribution is 6.30. The van der Waals surface area contributed by atoms with E-state index < -0.39 is 17.1 Å². The summed E-state index contributed by atoms with van der Waals surface area (Å²) in [4.78, 5) is 28.2. The van der Waals surface area contributed by atoms with Gasteiger partial charge in [0, 0.05) is 29.4 Å². The molecule has 1 aromatic rings. The lowest BCUT2D eigenvalue weighted by atomic mass is 9.66. The molecule has 0 bridgehead atoms. The van der Waals surface area contributed by atoms with E-state index >= 15 is 0 Å². The van der Waals surface area contributed by atoms with E-state index in [4.69, 9.17) is 16.3 Å². The van der Waals surface area contributed by atoms with Crippen LogP contribution in [-0.2, 0) is 19.9 Å². The van der Waals surface area contributed by atoms with Gasteiger partial charge in [-0.3, -0.25) is 9.59 Å². The first-order chi connectivity index (χ1) is 15.0. The largest absolute Gasteiger partial charge is 0.384 e. The fourth-order valence-corrected chi connectivity index (χ4v) is 5.56. The van der Waals surface area contributed by atoms with Crippen LogP contribution in [0, 0.1) is 17.3 Å². The number of halogens is 1. The predicted octanol–water partition coefficient (Wildman–Crippen LogP) is 3.50. The first-order valence-corrected chi connectivity index (χ1v) is 12.1. The number of likely N-dealkylation sites (tertiary alicyclic amines) is 1. The standard InChI is InChI=1S/C25H35ClN2O4/c1-16(2)20(27-21(29)17-9-10-24(13-17)15-32-24)22(30)28-12-11-25(31,23(3,4)14-28)18-5-7-19(26)8-6-18/h5-8,16-17,20,31H,9-15H2,1-4H3,(H,27,29)/t17?,20-,24?,25+/m1/s1. The number of carbonyl (C=O) groups excluding carboxylic acids is 2. The second kappa shape index (κ2) is 8.30. The molecular weight excluding hydrogens is 428 g/mol. The highest BCUT2D eigenvalue weighted by Gasteiger charge is 2.53. The lowest BCUT2D eigenvalue weighted by Gasteiger charge is -2.51. The van der Waals surface area contributed by atoms with Crippen LogP contribution in [0.15, 0.2) is 24.3 Å². The van der Waals surface area contributed by atoms with Gasteiger partial charge < -0.3 is 20.1 Å². The molecule has 1 saturated carbocycles. The molecule has 4 rings (SSSR count). The van der Waals surface area contributed by atoms with Crippen LogP contribution in [0.3, 0.4) is 0 Å². The summed E-state index contributed by atoms with van der Waals surface area (Å²) in [5.41, 5.74) is -0.887. The van der Waals surface area contributed by atoms with Gasteiger partial charge in [0.05, 0.1) is 17.8 Å². The van der Waals surface area contributed by atoms with Crippen LogP contribution >= 0.6 is 11.6 Å².